The number of hydrogen-bond acceptors (Lipinski definition) is 7. The molecule has 0 bridgehead atoms. The molecule has 2 aliphatic rings. The van der Waals surface area contributed by atoms with Crippen LogP contribution in [0.15, 0.2) is 22.7 Å². The number of aromatic nitrogens is 2. The molecule has 1 atom stereocenters. The zero-order valence-corrected chi connectivity index (χ0v) is 14.4. The van der Waals surface area contributed by atoms with Crippen LogP contribution >= 0.6 is 0 Å². The Balaban J connectivity index is 1.57. The molecule has 9 heteroatoms. The predicted molar refractivity (Wildman–Crippen MR) is 87.3 cm³/mol. The zero-order chi connectivity index (χ0) is 18.3. The van der Waals surface area contributed by atoms with Gasteiger partial charge in [-0.25, -0.2) is 4.79 Å². The van der Waals surface area contributed by atoms with Crippen molar-refractivity contribution in [3.63, 3.8) is 0 Å². The normalized spacial score (nSPS) is 21.4. The van der Waals surface area contributed by atoms with Crippen molar-refractivity contribution < 1.29 is 23.6 Å². The van der Waals surface area contributed by atoms with Gasteiger partial charge in [-0.15, -0.1) is 0 Å². The maximum Gasteiger partial charge on any atom is 0.325 e. The second kappa shape index (κ2) is 6.01. The summed E-state index contributed by atoms with van der Waals surface area (Å²) in [5, 5.41) is 6.58. The summed E-state index contributed by atoms with van der Waals surface area (Å²) in [4.78, 5) is 30.7. The number of nitrogens with zero attached hydrogens (tertiary/aromatic N) is 3. The van der Waals surface area contributed by atoms with Crippen LogP contribution in [0.4, 0.5) is 4.79 Å². The Morgan fingerprint density at radius 1 is 1.27 bits per heavy atom. The standard InChI is InChI=1S/C17H18N4O5/c1-3-4-14-18-13(20-26-14)8-21-15(22)17(2,19-16(21)23)10-5-6-11-12(7-10)25-9-24-11/h5-7H,3-4,8-9H2,1-2H3,(H,19,23). The van der Waals surface area contributed by atoms with Crippen LogP contribution in [0.2, 0.25) is 0 Å². The van der Waals surface area contributed by atoms with E-state index in [0.29, 0.717) is 35.2 Å². The Morgan fingerprint density at radius 2 is 2.08 bits per heavy atom. The highest BCUT2D eigenvalue weighted by molar-refractivity contribution is 6.07. The van der Waals surface area contributed by atoms with E-state index in [1.54, 1.807) is 25.1 Å². The number of nitrogens with one attached hydrogen (secondary N) is 1. The topological polar surface area (TPSA) is 107 Å². The summed E-state index contributed by atoms with van der Waals surface area (Å²) in [6.45, 7) is 3.75. The van der Waals surface area contributed by atoms with Gasteiger partial charge in [0.1, 0.15) is 5.54 Å². The van der Waals surface area contributed by atoms with Crippen LogP contribution < -0.4 is 14.8 Å². The fourth-order valence-electron chi connectivity index (χ4n) is 3.05. The van der Waals surface area contributed by atoms with E-state index in [9.17, 15) is 9.59 Å². The quantitative estimate of drug-likeness (QED) is 0.811. The summed E-state index contributed by atoms with van der Waals surface area (Å²) in [7, 11) is 0. The van der Waals surface area contributed by atoms with Gasteiger partial charge in [0.15, 0.2) is 17.3 Å². The van der Waals surface area contributed by atoms with Crippen LogP contribution in [0.3, 0.4) is 0 Å². The second-order valence-corrected chi connectivity index (χ2v) is 6.37. The third-order valence-corrected chi connectivity index (χ3v) is 4.50. The van der Waals surface area contributed by atoms with Gasteiger partial charge in [0.2, 0.25) is 12.7 Å². The minimum absolute atomic E-state index is 0.0436. The molecule has 3 amide bonds. The number of fused-ring (bicyclic) bond motifs is 1. The lowest BCUT2D eigenvalue weighted by Gasteiger charge is -2.22. The molecule has 1 unspecified atom stereocenters. The number of ether oxygens (including phenoxy) is 2. The Morgan fingerprint density at radius 3 is 2.88 bits per heavy atom. The van der Waals surface area contributed by atoms with Crippen LogP contribution in [-0.2, 0) is 23.3 Å². The number of imide groups is 1. The molecular formula is C17H18N4O5. The van der Waals surface area contributed by atoms with Crippen molar-refractivity contribution in [2.45, 2.75) is 38.8 Å². The molecule has 0 saturated carbocycles. The summed E-state index contributed by atoms with van der Waals surface area (Å²) in [6.07, 6.45) is 1.52. The average Bonchev–Trinajstić information content (AvgIpc) is 3.31. The highest BCUT2D eigenvalue weighted by Crippen LogP contribution is 2.38. The number of hydrogen-bond donors (Lipinski definition) is 1. The van der Waals surface area contributed by atoms with E-state index in [1.165, 1.54) is 0 Å². The molecule has 2 aromatic rings. The van der Waals surface area contributed by atoms with Crippen molar-refractivity contribution in [2.75, 3.05) is 6.79 Å². The van der Waals surface area contributed by atoms with Gasteiger partial charge in [-0.3, -0.25) is 9.69 Å². The van der Waals surface area contributed by atoms with Crippen LogP contribution in [0, 0.1) is 0 Å². The molecule has 2 aliphatic heterocycles. The molecule has 0 spiro atoms. The van der Waals surface area contributed by atoms with Gasteiger partial charge in [-0.1, -0.05) is 18.1 Å². The number of carbonyl (C=O) groups excluding carboxylic acids is 2. The van der Waals surface area contributed by atoms with Crippen LogP contribution in [0.25, 0.3) is 0 Å². The molecular weight excluding hydrogens is 340 g/mol. The second-order valence-electron chi connectivity index (χ2n) is 6.37. The molecule has 1 aromatic carbocycles. The largest absolute Gasteiger partial charge is 0.454 e. The Labute approximate surface area is 149 Å². The molecule has 26 heavy (non-hydrogen) atoms. The van der Waals surface area contributed by atoms with Crippen LogP contribution in [0.1, 0.15) is 37.5 Å². The maximum absolute atomic E-state index is 13.0. The summed E-state index contributed by atoms with van der Waals surface area (Å²) >= 11 is 0. The summed E-state index contributed by atoms with van der Waals surface area (Å²) in [5.74, 6) is 1.57. The van der Waals surface area contributed by atoms with Crippen molar-refractivity contribution in [2.24, 2.45) is 0 Å². The van der Waals surface area contributed by atoms with Gasteiger partial charge in [0.05, 0.1) is 6.54 Å². The number of amides is 3. The van der Waals surface area contributed by atoms with Crippen molar-refractivity contribution in [1.29, 1.82) is 0 Å². The van der Waals surface area contributed by atoms with E-state index in [-0.39, 0.29) is 19.2 Å². The first-order valence-electron chi connectivity index (χ1n) is 8.37. The third-order valence-electron chi connectivity index (χ3n) is 4.50. The van der Waals surface area contributed by atoms with Gasteiger partial charge in [-0.05, 0) is 31.0 Å². The molecule has 3 heterocycles. The van der Waals surface area contributed by atoms with Crippen molar-refractivity contribution >= 4 is 11.9 Å². The lowest BCUT2D eigenvalue weighted by atomic mass is 9.91. The summed E-state index contributed by atoms with van der Waals surface area (Å²) < 4.78 is 15.8. The Bertz CT molecular complexity index is 880. The average molecular weight is 358 g/mol. The number of urea groups is 1. The highest BCUT2D eigenvalue weighted by Gasteiger charge is 2.49. The molecule has 0 radical (unpaired) electrons. The van der Waals surface area contributed by atoms with Crippen molar-refractivity contribution in [1.82, 2.24) is 20.4 Å². The molecule has 1 saturated heterocycles. The predicted octanol–water partition coefficient (Wildman–Crippen LogP) is 1.72. The van der Waals surface area contributed by atoms with E-state index < -0.39 is 11.6 Å². The maximum atomic E-state index is 13.0. The Hall–Kier alpha value is -3.10. The molecule has 0 aliphatic carbocycles. The molecule has 4 rings (SSSR count). The van der Waals surface area contributed by atoms with Crippen molar-refractivity contribution in [3.05, 3.63) is 35.5 Å². The summed E-state index contributed by atoms with van der Waals surface area (Å²) in [6, 6.07) is 4.67. The SMILES string of the molecule is CCCc1nc(CN2C(=O)NC(C)(c3ccc4c(c3)OCO4)C2=O)no1. The fourth-order valence-corrected chi connectivity index (χ4v) is 3.05. The van der Waals surface area contributed by atoms with Gasteiger partial charge < -0.3 is 19.3 Å². The minimum Gasteiger partial charge on any atom is -0.454 e. The lowest BCUT2D eigenvalue weighted by molar-refractivity contribution is -0.131. The first-order valence-corrected chi connectivity index (χ1v) is 8.37. The minimum atomic E-state index is -1.20. The van der Waals surface area contributed by atoms with E-state index in [0.717, 1.165) is 11.3 Å². The molecule has 1 N–H and O–H groups in total. The highest BCUT2D eigenvalue weighted by atomic mass is 16.7. The van der Waals surface area contributed by atoms with Crippen LogP contribution in [-0.4, -0.2) is 33.8 Å². The van der Waals surface area contributed by atoms with Crippen molar-refractivity contribution in [3.8, 4) is 11.5 Å². The molecule has 1 fully saturated rings. The van der Waals surface area contributed by atoms with Gasteiger partial charge in [0, 0.05) is 6.42 Å². The molecule has 1 aromatic heterocycles. The first kappa shape index (κ1) is 16.4. The lowest BCUT2D eigenvalue weighted by Crippen LogP contribution is -2.40. The monoisotopic (exact) mass is 358 g/mol. The Kier molecular flexibility index (Phi) is 3.78. The third kappa shape index (κ3) is 2.56. The molecule has 9 nitrogen and oxygen atoms in total. The fraction of sp³-hybridized carbons (Fsp3) is 0.412. The first-order chi connectivity index (χ1) is 12.5. The number of benzene rings is 1. The smallest absolute Gasteiger partial charge is 0.325 e. The van der Waals surface area contributed by atoms with E-state index in [1.807, 2.05) is 6.92 Å². The number of carbonyl (C=O) groups is 2. The van der Waals surface area contributed by atoms with Crippen LogP contribution in [0.5, 0.6) is 11.5 Å². The molecule has 136 valence electrons. The van der Waals surface area contributed by atoms with E-state index in [4.69, 9.17) is 14.0 Å². The number of rotatable bonds is 5. The number of aryl methyl sites for hydroxylation is 1. The van der Waals surface area contributed by atoms with Gasteiger partial charge in [0.25, 0.3) is 5.91 Å². The summed E-state index contributed by atoms with van der Waals surface area (Å²) in [5.41, 5.74) is -0.587. The van der Waals surface area contributed by atoms with Gasteiger partial charge >= 0.3 is 6.03 Å². The van der Waals surface area contributed by atoms with Gasteiger partial charge in [-0.2, -0.15) is 4.98 Å². The van der Waals surface area contributed by atoms with E-state index in [2.05, 4.69) is 15.5 Å². The van der Waals surface area contributed by atoms with E-state index >= 15 is 0 Å². The zero-order valence-electron chi connectivity index (χ0n) is 14.4.